The van der Waals surface area contributed by atoms with Crippen LogP contribution in [0, 0.1) is 0 Å². The van der Waals surface area contributed by atoms with Gasteiger partial charge in [0, 0.05) is 47.2 Å². The van der Waals surface area contributed by atoms with Gasteiger partial charge in [0.15, 0.2) is 0 Å². The molecule has 0 atom stereocenters. The van der Waals surface area contributed by atoms with E-state index in [0.717, 1.165) is 0 Å². The lowest BCUT2D eigenvalue weighted by atomic mass is 10.1. The average molecular weight is 497 g/mol. The monoisotopic (exact) mass is 496 g/mol. The van der Waals surface area contributed by atoms with Gasteiger partial charge in [0.1, 0.15) is 5.01 Å². The van der Waals surface area contributed by atoms with Gasteiger partial charge in [-0.05, 0) is 48.5 Å². The van der Waals surface area contributed by atoms with Gasteiger partial charge in [0.05, 0.1) is 23.7 Å². The Labute approximate surface area is 200 Å². The number of nitrogens with zero attached hydrogens (tertiary/aromatic N) is 2. The Morgan fingerprint density at radius 1 is 1.15 bits per heavy atom. The third-order valence-electron chi connectivity index (χ3n) is 5.49. The second-order valence-electron chi connectivity index (χ2n) is 7.68. The highest BCUT2D eigenvalue weighted by molar-refractivity contribution is 7.92. The van der Waals surface area contributed by atoms with E-state index in [2.05, 4.69) is 15.0 Å². The third kappa shape index (κ3) is 4.45. The molecule has 1 saturated heterocycles. The molecule has 0 bridgehead atoms. The van der Waals surface area contributed by atoms with Crippen LogP contribution in [0.25, 0.3) is 11.6 Å². The Hall–Kier alpha value is -3.54. The standard InChI is InChI=1S/C23H20N4O5S2/c28-22-19(14-21-24-7-12-33-21)18-13-17(5-6-20(18)25-22)34(30,31)26-16-3-1-15(2-4-16)23(29)27-8-10-32-11-9-27/h1-7,12-14,26H,8-11H2,(H,25,28)/b19-14+. The number of anilines is 2. The Balaban J connectivity index is 1.36. The van der Waals surface area contributed by atoms with Crippen molar-refractivity contribution < 1.29 is 22.7 Å². The Morgan fingerprint density at radius 2 is 1.91 bits per heavy atom. The Kier molecular flexibility index (Phi) is 5.90. The summed E-state index contributed by atoms with van der Waals surface area (Å²) >= 11 is 1.38. The molecule has 9 nitrogen and oxygen atoms in total. The number of thiazole rings is 1. The van der Waals surface area contributed by atoms with E-state index in [1.165, 1.54) is 23.5 Å². The third-order valence-corrected chi connectivity index (χ3v) is 7.59. The van der Waals surface area contributed by atoms with E-state index in [4.69, 9.17) is 4.74 Å². The number of nitrogens with one attached hydrogen (secondary N) is 2. The SMILES string of the molecule is O=C1Nc2ccc(S(=O)(=O)Nc3ccc(C(=O)N4CCOCC4)cc3)cc2/C1=C\c1nccs1. The summed E-state index contributed by atoms with van der Waals surface area (Å²) in [6.45, 7) is 2.07. The number of sulfonamides is 1. The van der Waals surface area contributed by atoms with Crippen molar-refractivity contribution >= 4 is 56.2 Å². The van der Waals surface area contributed by atoms with E-state index in [1.54, 1.807) is 52.9 Å². The molecule has 0 unspecified atom stereocenters. The fourth-order valence-corrected chi connectivity index (χ4v) is 5.40. The topological polar surface area (TPSA) is 118 Å². The molecule has 2 N–H and O–H groups in total. The van der Waals surface area contributed by atoms with Crippen LogP contribution >= 0.6 is 11.3 Å². The molecule has 0 spiro atoms. The molecule has 34 heavy (non-hydrogen) atoms. The van der Waals surface area contributed by atoms with Crippen molar-refractivity contribution in [1.29, 1.82) is 0 Å². The van der Waals surface area contributed by atoms with Crippen molar-refractivity contribution in [3.8, 4) is 0 Å². The van der Waals surface area contributed by atoms with E-state index >= 15 is 0 Å². The van der Waals surface area contributed by atoms with Crippen LogP contribution in [0.3, 0.4) is 0 Å². The molecule has 1 fully saturated rings. The number of hydrogen-bond acceptors (Lipinski definition) is 7. The molecule has 5 rings (SSSR count). The largest absolute Gasteiger partial charge is 0.378 e. The van der Waals surface area contributed by atoms with Crippen LogP contribution in [0.1, 0.15) is 20.9 Å². The van der Waals surface area contributed by atoms with Gasteiger partial charge < -0.3 is 15.0 Å². The van der Waals surface area contributed by atoms with Crippen molar-refractivity contribution in [3.63, 3.8) is 0 Å². The minimum absolute atomic E-state index is 0.0151. The summed E-state index contributed by atoms with van der Waals surface area (Å²) in [6.07, 6.45) is 3.27. The normalized spacial score (nSPS) is 16.9. The quantitative estimate of drug-likeness (QED) is 0.525. The van der Waals surface area contributed by atoms with Gasteiger partial charge in [-0.15, -0.1) is 11.3 Å². The Morgan fingerprint density at radius 3 is 2.62 bits per heavy atom. The van der Waals surface area contributed by atoms with Gasteiger partial charge in [-0.1, -0.05) is 0 Å². The molecule has 11 heteroatoms. The van der Waals surface area contributed by atoms with Crippen molar-refractivity contribution in [2.75, 3.05) is 36.3 Å². The van der Waals surface area contributed by atoms with Crippen molar-refractivity contribution in [2.45, 2.75) is 4.90 Å². The van der Waals surface area contributed by atoms with Crippen molar-refractivity contribution in [2.24, 2.45) is 0 Å². The first-order chi connectivity index (χ1) is 16.4. The summed E-state index contributed by atoms with van der Waals surface area (Å²) < 4.78 is 33.9. The number of benzene rings is 2. The molecule has 0 saturated carbocycles. The lowest BCUT2D eigenvalue weighted by Crippen LogP contribution is -2.40. The highest BCUT2D eigenvalue weighted by Crippen LogP contribution is 2.35. The van der Waals surface area contributed by atoms with Crippen LogP contribution in [0.4, 0.5) is 11.4 Å². The summed E-state index contributed by atoms with van der Waals surface area (Å²) in [5.74, 6) is -0.429. The first kappa shape index (κ1) is 22.3. The number of carbonyl (C=O) groups is 2. The molecule has 0 aliphatic carbocycles. The van der Waals surface area contributed by atoms with Crippen LogP contribution in [0.15, 0.2) is 58.9 Å². The minimum Gasteiger partial charge on any atom is -0.378 e. The van der Waals surface area contributed by atoms with E-state index < -0.39 is 10.0 Å². The van der Waals surface area contributed by atoms with Gasteiger partial charge in [-0.2, -0.15) is 0 Å². The first-order valence-corrected chi connectivity index (χ1v) is 12.8. The maximum atomic E-state index is 13.0. The zero-order chi connectivity index (χ0) is 23.7. The molecule has 2 amide bonds. The smallest absolute Gasteiger partial charge is 0.261 e. The van der Waals surface area contributed by atoms with Gasteiger partial charge in [-0.25, -0.2) is 13.4 Å². The molecule has 3 aromatic rings. The molecular weight excluding hydrogens is 476 g/mol. The second-order valence-corrected chi connectivity index (χ2v) is 10.3. The second kappa shape index (κ2) is 9.01. The summed E-state index contributed by atoms with van der Waals surface area (Å²) in [6, 6.07) is 10.8. The summed E-state index contributed by atoms with van der Waals surface area (Å²) in [5, 5.41) is 5.19. The number of amides is 2. The van der Waals surface area contributed by atoms with Crippen LogP contribution < -0.4 is 10.0 Å². The maximum absolute atomic E-state index is 13.0. The summed E-state index contributed by atoms with van der Waals surface area (Å²) in [4.78, 5) is 30.9. The average Bonchev–Trinajstić information content (AvgIpc) is 3.47. The Bertz CT molecular complexity index is 1380. The molecule has 2 aromatic carbocycles. The number of aromatic nitrogens is 1. The number of morpholine rings is 1. The molecule has 0 radical (unpaired) electrons. The fourth-order valence-electron chi connectivity index (χ4n) is 3.75. The van der Waals surface area contributed by atoms with E-state index in [-0.39, 0.29) is 16.7 Å². The molecule has 174 valence electrons. The molecule has 3 heterocycles. The van der Waals surface area contributed by atoms with Gasteiger partial charge in [0.2, 0.25) is 0 Å². The zero-order valence-corrected chi connectivity index (χ0v) is 19.5. The zero-order valence-electron chi connectivity index (χ0n) is 17.9. The highest BCUT2D eigenvalue weighted by atomic mass is 32.2. The predicted molar refractivity (Wildman–Crippen MR) is 129 cm³/mol. The van der Waals surface area contributed by atoms with Gasteiger partial charge in [0.25, 0.3) is 21.8 Å². The predicted octanol–water partition coefficient (Wildman–Crippen LogP) is 2.91. The number of hydrogen-bond donors (Lipinski definition) is 2. The van der Waals surface area contributed by atoms with Crippen molar-refractivity contribution in [3.05, 3.63) is 70.2 Å². The van der Waals surface area contributed by atoms with Crippen molar-refractivity contribution in [1.82, 2.24) is 9.88 Å². The van der Waals surface area contributed by atoms with Crippen LogP contribution in [-0.4, -0.2) is 56.4 Å². The lowest BCUT2D eigenvalue weighted by Gasteiger charge is -2.26. The highest BCUT2D eigenvalue weighted by Gasteiger charge is 2.27. The summed E-state index contributed by atoms with van der Waals surface area (Å²) in [5.41, 5.74) is 2.19. The van der Waals surface area contributed by atoms with Gasteiger partial charge >= 0.3 is 0 Å². The molecule has 2 aliphatic heterocycles. The molecule has 1 aromatic heterocycles. The van der Waals surface area contributed by atoms with Crippen LogP contribution in [-0.2, 0) is 19.6 Å². The van der Waals surface area contributed by atoms with E-state index in [9.17, 15) is 18.0 Å². The molecular formula is C23H20N4O5S2. The number of fused-ring (bicyclic) bond motifs is 1. The van der Waals surface area contributed by atoms with Crippen LogP contribution in [0.2, 0.25) is 0 Å². The maximum Gasteiger partial charge on any atom is 0.261 e. The van der Waals surface area contributed by atoms with Crippen LogP contribution in [0.5, 0.6) is 0 Å². The number of carbonyl (C=O) groups excluding carboxylic acids is 2. The number of ether oxygens (including phenoxy) is 1. The van der Waals surface area contributed by atoms with E-state index in [0.29, 0.717) is 59.4 Å². The summed E-state index contributed by atoms with van der Waals surface area (Å²) in [7, 11) is -3.93. The minimum atomic E-state index is -3.93. The van der Waals surface area contributed by atoms with Gasteiger partial charge in [-0.3, -0.25) is 14.3 Å². The van der Waals surface area contributed by atoms with E-state index in [1.807, 2.05) is 0 Å². The molecule has 2 aliphatic rings. The fraction of sp³-hybridized carbons (Fsp3) is 0.174. The number of rotatable bonds is 5. The lowest BCUT2D eigenvalue weighted by molar-refractivity contribution is -0.110. The first-order valence-electron chi connectivity index (χ1n) is 10.5.